The van der Waals surface area contributed by atoms with Gasteiger partial charge in [-0.3, -0.25) is 4.79 Å². The minimum Gasteiger partial charge on any atom is -0.456 e. The summed E-state index contributed by atoms with van der Waals surface area (Å²) in [6, 6.07) is 17.5. The van der Waals surface area contributed by atoms with Crippen LogP contribution in [0.2, 0.25) is 0 Å². The van der Waals surface area contributed by atoms with Crippen LogP contribution in [-0.4, -0.2) is 42.2 Å². The molecule has 1 unspecified atom stereocenters. The Hall–Kier alpha value is -3.56. The number of hydrogen-bond donors (Lipinski definition) is 1. The van der Waals surface area contributed by atoms with E-state index in [4.69, 9.17) is 9.47 Å². The topological polar surface area (TPSA) is 112 Å². The van der Waals surface area contributed by atoms with Gasteiger partial charge in [-0.15, -0.1) is 0 Å². The molecule has 1 atom stereocenters. The molecule has 0 radical (unpaired) electrons. The van der Waals surface area contributed by atoms with Crippen LogP contribution in [0.4, 0.5) is 5.82 Å². The second-order valence-electron chi connectivity index (χ2n) is 11.1. The van der Waals surface area contributed by atoms with E-state index in [0.29, 0.717) is 31.2 Å². The zero-order chi connectivity index (χ0) is 27.8. The lowest BCUT2D eigenvalue weighted by atomic mass is 10.1. The fourth-order valence-corrected chi connectivity index (χ4v) is 6.28. The van der Waals surface area contributed by atoms with Crippen molar-refractivity contribution in [2.24, 2.45) is 0 Å². The van der Waals surface area contributed by atoms with Crippen LogP contribution >= 0.6 is 0 Å². The average molecular weight is 549 g/mol. The number of carbonyl (C=O) groups excluding carboxylic acids is 2. The monoisotopic (exact) mass is 548 g/mol. The van der Waals surface area contributed by atoms with Gasteiger partial charge in [0.25, 0.3) is 5.91 Å². The highest BCUT2D eigenvalue weighted by atomic mass is 32.2. The fraction of sp³-hybridized carbons (Fsp3) is 0.367. The number of fused-ring (bicyclic) bond motifs is 1. The molecular weight excluding hydrogens is 516 g/mol. The molecule has 0 bridgehead atoms. The number of benzene rings is 2. The standard InChI is InChI=1S/C30H32N2O6S/c1-30(2,3)38-29(34)22-10-15-26(31-18-22)32-28(33)27(37-23-16-20-6-4-5-7-21(20)17-23)19-8-11-24(12-9-19)39(35,36)25-13-14-25/h4-12,15,18,23,25,27H,13-14,16-17H2,1-3H3,(H,31,32,33). The molecule has 2 aliphatic rings. The van der Waals surface area contributed by atoms with Gasteiger partial charge in [0.05, 0.1) is 21.8 Å². The Labute approximate surface area is 228 Å². The summed E-state index contributed by atoms with van der Waals surface area (Å²) in [6.07, 6.45) is 2.86. The zero-order valence-corrected chi connectivity index (χ0v) is 23.0. The number of carbonyl (C=O) groups is 2. The Kier molecular flexibility index (Phi) is 7.31. The normalized spacial score (nSPS) is 16.4. The van der Waals surface area contributed by atoms with Crippen molar-refractivity contribution in [2.75, 3.05) is 5.32 Å². The van der Waals surface area contributed by atoms with E-state index in [-0.39, 0.29) is 27.6 Å². The summed E-state index contributed by atoms with van der Waals surface area (Å²) in [6.45, 7) is 5.34. The first-order valence-corrected chi connectivity index (χ1v) is 14.6. The number of nitrogens with one attached hydrogen (secondary N) is 1. The van der Waals surface area contributed by atoms with E-state index in [1.807, 2.05) is 12.1 Å². The zero-order valence-electron chi connectivity index (χ0n) is 22.2. The van der Waals surface area contributed by atoms with Gasteiger partial charge >= 0.3 is 5.97 Å². The van der Waals surface area contributed by atoms with Gasteiger partial charge in [-0.05, 0) is 87.4 Å². The summed E-state index contributed by atoms with van der Waals surface area (Å²) < 4.78 is 37.0. The lowest BCUT2D eigenvalue weighted by molar-refractivity contribution is -0.131. The third-order valence-electron chi connectivity index (χ3n) is 6.70. The van der Waals surface area contributed by atoms with E-state index < -0.39 is 33.4 Å². The maximum absolute atomic E-state index is 13.5. The highest BCUT2D eigenvalue weighted by Crippen LogP contribution is 2.35. The fourth-order valence-electron chi connectivity index (χ4n) is 4.62. The van der Waals surface area contributed by atoms with Crippen molar-refractivity contribution < 1.29 is 27.5 Å². The largest absolute Gasteiger partial charge is 0.456 e. The second-order valence-corrected chi connectivity index (χ2v) is 13.3. The van der Waals surface area contributed by atoms with Gasteiger partial charge in [0, 0.05) is 6.20 Å². The van der Waals surface area contributed by atoms with Gasteiger partial charge in [-0.2, -0.15) is 0 Å². The van der Waals surface area contributed by atoms with Crippen LogP contribution < -0.4 is 5.32 Å². The first-order chi connectivity index (χ1) is 18.5. The van der Waals surface area contributed by atoms with Crippen molar-refractivity contribution >= 4 is 27.5 Å². The van der Waals surface area contributed by atoms with E-state index in [0.717, 1.165) is 0 Å². The molecule has 1 saturated carbocycles. The molecule has 1 N–H and O–H groups in total. The highest BCUT2D eigenvalue weighted by Gasteiger charge is 2.37. The number of hydrogen-bond acceptors (Lipinski definition) is 7. The number of pyridine rings is 1. The molecule has 39 heavy (non-hydrogen) atoms. The molecule has 1 heterocycles. The number of rotatable bonds is 8. The van der Waals surface area contributed by atoms with E-state index >= 15 is 0 Å². The lowest BCUT2D eigenvalue weighted by Crippen LogP contribution is -2.28. The van der Waals surface area contributed by atoms with Crippen LogP contribution in [0.25, 0.3) is 0 Å². The first kappa shape index (κ1) is 27.0. The lowest BCUT2D eigenvalue weighted by Gasteiger charge is -2.22. The Bertz CT molecular complexity index is 1450. The van der Waals surface area contributed by atoms with Crippen LogP contribution in [0.5, 0.6) is 0 Å². The van der Waals surface area contributed by atoms with Crippen molar-refractivity contribution in [2.45, 2.75) is 74.4 Å². The summed E-state index contributed by atoms with van der Waals surface area (Å²) in [5, 5.41) is 2.46. The van der Waals surface area contributed by atoms with Crippen LogP contribution in [0.15, 0.2) is 71.8 Å². The van der Waals surface area contributed by atoms with Crippen molar-refractivity contribution in [3.05, 3.63) is 89.1 Å². The van der Waals surface area contributed by atoms with Gasteiger partial charge < -0.3 is 14.8 Å². The summed E-state index contributed by atoms with van der Waals surface area (Å²) in [5.74, 6) is -0.694. The van der Waals surface area contributed by atoms with Gasteiger partial charge in [0.15, 0.2) is 15.9 Å². The molecule has 204 valence electrons. The third kappa shape index (κ3) is 6.37. The molecule has 0 spiro atoms. The first-order valence-electron chi connectivity index (χ1n) is 13.1. The summed E-state index contributed by atoms with van der Waals surface area (Å²) in [7, 11) is -3.35. The minimum absolute atomic E-state index is 0.212. The highest BCUT2D eigenvalue weighted by molar-refractivity contribution is 7.92. The van der Waals surface area contributed by atoms with Crippen LogP contribution in [-0.2, 0) is 36.9 Å². The van der Waals surface area contributed by atoms with Gasteiger partial charge in [0.1, 0.15) is 11.4 Å². The number of ether oxygens (including phenoxy) is 2. The molecule has 1 amide bonds. The number of aromatic nitrogens is 1. The number of anilines is 1. The summed E-state index contributed by atoms with van der Waals surface area (Å²) >= 11 is 0. The predicted molar refractivity (Wildman–Crippen MR) is 146 cm³/mol. The predicted octanol–water partition coefficient (Wildman–Crippen LogP) is 4.84. The summed E-state index contributed by atoms with van der Waals surface area (Å²) in [5.41, 5.74) is 2.55. The van der Waals surface area contributed by atoms with Crippen molar-refractivity contribution in [1.29, 1.82) is 0 Å². The molecule has 1 fully saturated rings. The molecule has 0 aliphatic heterocycles. The van der Waals surface area contributed by atoms with Gasteiger partial charge in [-0.25, -0.2) is 18.2 Å². The molecule has 2 aliphatic carbocycles. The maximum atomic E-state index is 13.5. The Morgan fingerprint density at radius 3 is 2.13 bits per heavy atom. The molecular formula is C30H32N2O6S. The van der Waals surface area contributed by atoms with Gasteiger partial charge in [0.2, 0.25) is 0 Å². The Balaban J connectivity index is 1.35. The minimum atomic E-state index is -3.35. The second kappa shape index (κ2) is 10.5. The Morgan fingerprint density at radius 1 is 0.949 bits per heavy atom. The molecule has 1 aromatic heterocycles. The van der Waals surface area contributed by atoms with Crippen molar-refractivity contribution in [1.82, 2.24) is 4.98 Å². The molecule has 3 aromatic rings. The van der Waals surface area contributed by atoms with E-state index in [9.17, 15) is 18.0 Å². The molecule has 9 heteroatoms. The summed E-state index contributed by atoms with van der Waals surface area (Å²) in [4.78, 5) is 30.3. The molecule has 2 aromatic carbocycles. The van der Waals surface area contributed by atoms with Gasteiger partial charge in [-0.1, -0.05) is 36.4 Å². The molecule has 5 rings (SSSR count). The van der Waals surface area contributed by atoms with Crippen molar-refractivity contribution in [3.8, 4) is 0 Å². The van der Waals surface area contributed by atoms with Crippen LogP contribution in [0.3, 0.4) is 0 Å². The van der Waals surface area contributed by atoms with E-state index in [2.05, 4.69) is 22.4 Å². The van der Waals surface area contributed by atoms with Crippen LogP contribution in [0.1, 0.15) is 66.8 Å². The Morgan fingerprint density at radius 2 is 1.59 bits per heavy atom. The third-order valence-corrected chi connectivity index (χ3v) is 8.98. The smallest absolute Gasteiger partial charge is 0.340 e. The van der Waals surface area contributed by atoms with Crippen molar-refractivity contribution in [3.63, 3.8) is 0 Å². The number of amides is 1. The SMILES string of the molecule is CC(C)(C)OC(=O)c1ccc(NC(=O)C(OC2Cc3ccccc3C2)c2ccc(S(=O)(=O)C3CC3)cc2)nc1. The molecule has 0 saturated heterocycles. The number of sulfone groups is 1. The average Bonchev–Trinajstić information content (AvgIpc) is 3.67. The quantitative estimate of drug-likeness (QED) is 0.401. The maximum Gasteiger partial charge on any atom is 0.340 e. The number of esters is 1. The number of nitrogens with zero attached hydrogens (tertiary/aromatic N) is 1. The van der Waals surface area contributed by atoms with E-state index in [1.165, 1.54) is 29.5 Å². The molecule has 8 nitrogen and oxygen atoms in total. The van der Waals surface area contributed by atoms with E-state index in [1.54, 1.807) is 45.0 Å². The van der Waals surface area contributed by atoms with Crippen LogP contribution in [0, 0.1) is 0 Å².